The molecule has 27 heavy (non-hydrogen) atoms. The molecule has 2 atom stereocenters. The third-order valence-corrected chi connectivity index (χ3v) is 4.49. The average molecular weight is 364 g/mol. The van der Waals surface area contributed by atoms with E-state index in [1.165, 1.54) is 0 Å². The number of carbonyl (C=O) groups excluding carboxylic acids is 1. The molecular weight excluding hydrogens is 344 g/mol. The lowest BCUT2D eigenvalue weighted by atomic mass is 9.97. The molecule has 0 aromatic heterocycles. The van der Waals surface area contributed by atoms with E-state index in [1.807, 2.05) is 36.4 Å². The topological polar surface area (TPSA) is 72.8 Å². The van der Waals surface area contributed by atoms with Gasteiger partial charge in [0.25, 0.3) is 0 Å². The maximum absolute atomic E-state index is 12.6. The van der Waals surface area contributed by atoms with Crippen molar-refractivity contribution in [1.82, 2.24) is 0 Å². The first-order valence-electron chi connectivity index (χ1n) is 8.55. The summed E-state index contributed by atoms with van der Waals surface area (Å²) in [5.41, 5.74) is 1.19. The van der Waals surface area contributed by atoms with E-state index < -0.39 is 24.0 Å². The first-order valence-corrected chi connectivity index (χ1v) is 8.55. The number of ether oxygens (including phenoxy) is 2. The first kappa shape index (κ1) is 18.5. The predicted octanol–water partition coefficient (Wildman–Crippen LogP) is 4.32. The number of hydrogen-bond donors (Lipinski definition) is 1. The Balaban J connectivity index is 1.82. The van der Waals surface area contributed by atoms with Gasteiger partial charge in [0.05, 0.1) is 13.0 Å². The van der Waals surface area contributed by atoms with Gasteiger partial charge in [0.2, 0.25) is 6.10 Å². The van der Waals surface area contributed by atoms with Crippen molar-refractivity contribution in [3.05, 3.63) is 77.9 Å². The van der Waals surface area contributed by atoms with Gasteiger partial charge < -0.3 is 14.6 Å². The lowest BCUT2D eigenvalue weighted by Gasteiger charge is -2.18. The van der Waals surface area contributed by atoms with E-state index in [9.17, 15) is 14.7 Å². The summed E-state index contributed by atoms with van der Waals surface area (Å²) in [6, 6.07) is 19.8. The van der Waals surface area contributed by atoms with Crippen LogP contribution >= 0.6 is 0 Å². The molecule has 0 spiro atoms. The molecule has 3 aromatic carbocycles. The second kappa shape index (κ2) is 7.91. The van der Waals surface area contributed by atoms with Crippen LogP contribution in [-0.2, 0) is 14.3 Å². The molecule has 0 aliphatic carbocycles. The zero-order chi connectivity index (χ0) is 19.4. The maximum Gasteiger partial charge on any atom is 0.349 e. The Labute approximate surface area is 157 Å². The number of benzene rings is 3. The molecule has 3 rings (SSSR count). The Morgan fingerprint density at radius 3 is 2.22 bits per heavy atom. The number of hydrogen-bond acceptors (Lipinski definition) is 4. The fourth-order valence-corrected chi connectivity index (χ4v) is 2.88. The molecule has 0 bridgehead atoms. The summed E-state index contributed by atoms with van der Waals surface area (Å²) in [7, 11) is 1.61. The van der Waals surface area contributed by atoms with Gasteiger partial charge in [0.15, 0.2) is 0 Å². The fourth-order valence-electron chi connectivity index (χ4n) is 2.88. The average Bonchev–Trinajstić information content (AvgIpc) is 2.70. The molecule has 1 N–H and O–H groups in total. The molecule has 1 unspecified atom stereocenters. The summed E-state index contributed by atoms with van der Waals surface area (Å²) < 4.78 is 10.5. The second-order valence-corrected chi connectivity index (χ2v) is 6.26. The van der Waals surface area contributed by atoms with Crippen LogP contribution in [0, 0.1) is 0 Å². The lowest BCUT2D eigenvalue weighted by Crippen LogP contribution is -2.22. The molecule has 0 saturated heterocycles. The highest BCUT2D eigenvalue weighted by molar-refractivity contribution is 5.87. The Hall–Kier alpha value is -3.34. The van der Waals surface area contributed by atoms with E-state index >= 15 is 0 Å². The van der Waals surface area contributed by atoms with Crippen LogP contribution in [0.5, 0.6) is 5.75 Å². The van der Waals surface area contributed by atoms with Crippen LogP contribution in [0.3, 0.4) is 0 Å². The highest BCUT2D eigenvalue weighted by Gasteiger charge is 2.27. The van der Waals surface area contributed by atoms with Crippen molar-refractivity contribution in [1.29, 1.82) is 0 Å². The van der Waals surface area contributed by atoms with Gasteiger partial charge in [-0.15, -0.1) is 0 Å². The molecule has 0 aliphatic heterocycles. The van der Waals surface area contributed by atoms with Crippen molar-refractivity contribution in [2.75, 3.05) is 7.11 Å². The van der Waals surface area contributed by atoms with Crippen LogP contribution < -0.4 is 4.74 Å². The minimum atomic E-state index is -1.33. The largest absolute Gasteiger partial charge is 0.497 e. The lowest BCUT2D eigenvalue weighted by molar-refractivity contribution is -0.165. The molecule has 0 aliphatic rings. The third-order valence-electron chi connectivity index (χ3n) is 4.49. The standard InChI is InChI=1S/C22H20O5/c1-14(16-8-9-18-13-19(26-2)11-10-17(18)12-16)22(25)27-20(21(23)24)15-6-4-3-5-7-15/h3-14,20H,1-2H3,(H,23,24)/t14-,20?/m0/s1. The summed E-state index contributed by atoms with van der Waals surface area (Å²) in [5, 5.41) is 11.4. The molecule has 5 nitrogen and oxygen atoms in total. The smallest absolute Gasteiger partial charge is 0.349 e. The van der Waals surface area contributed by atoms with Crippen molar-refractivity contribution in [2.24, 2.45) is 0 Å². The number of carbonyl (C=O) groups is 2. The number of carboxylic acid groups (broad SMARTS) is 1. The predicted molar refractivity (Wildman–Crippen MR) is 102 cm³/mol. The van der Waals surface area contributed by atoms with E-state index in [2.05, 4.69) is 0 Å². The van der Waals surface area contributed by atoms with Gasteiger partial charge in [-0.1, -0.05) is 54.6 Å². The van der Waals surface area contributed by atoms with Gasteiger partial charge in [0, 0.05) is 5.56 Å². The van der Waals surface area contributed by atoms with Crippen molar-refractivity contribution in [3.8, 4) is 5.75 Å². The highest BCUT2D eigenvalue weighted by Crippen LogP contribution is 2.27. The van der Waals surface area contributed by atoms with Crippen LogP contribution in [0.2, 0.25) is 0 Å². The monoisotopic (exact) mass is 364 g/mol. The molecule has 0 heterocycles. The Morgan fingerprint density at radius 1 is 0.889 bits per heavy atom. The molecule has 3 aromatic rings. The van der Waals surface area contributed by atoms with Gasteiger partial charge >= 0.3 is 11.9 Å². The summed E-state index contributed by atoms with van der Waals surface area (Å²) in [6.45, 7) is 1.71. The third kappa shape index (κ3) is 4.08. The molecule has 0 fully saturated rings. The SMILES string of the molecule is COc1ccc2cc([C@H](C)C(=O)OC(C(=O)O)c3ccccc3)ccc2c1. The van der Waals surface area contributed by atoms with Crippen LogP contribution in [-0.4, -0.2) is 24.2 Å². The Kier molecular flexibility index (Phi) is 5.41. The van der Waals surface area contributed by atoms with E-state index in [4.69, 9.17) is 9.47 Å². The normalized spacial score (nSPS) is 13.0. The fraction of sp³-hybridized carbons (Fsp3) is 0.182. The molecular formula is C22H20O5. The molecule has 0 amide bonds. The van der Waals surface area contributed by atoms with Gasteiger partial charge in [-0.3, -0.25) is 4.79 Å². The van der Waals surface area contributed by atoms with Gasteiger partial charge in [-0.2, -0.15) is 0 Å². The summed E-state index contributed by atoms with van der Waals surface area (Å²) in [6.07, 6.45) is -1.33. The zero-order valence-electron chi connectivity index (χ0n) is 15.1. The van der Waals surface area contributed by atoms with E-state index in [1.54, 1.807) is 44.4 Å². The van der Waals surface area contributed by atoms with Gasteiger partial charge in [0.1, 0.15) is 5.75 Å². The molecule has 138 valence electrons. The molecule has 0 radical (unpaired) electrons. The maximum atomic E-state index is 12.6. The Bertz CT molecular complexity index is 965. The minimum Gasteiger partial charge on any atom is -0.497 e. The number of carboxylic acids is 1. The molecule has 5 heteroatoms. The zero-order valence-corrected chi connectivity index (χ0v) is 15.1. The quantitative estimate of drug-likeness (QED) is 0.660. The van der Waals surface area contributed by atoms with Crippen molar-refractivity contribution >= 4 is 22.7 Å². The van der Waals surface area contributed by atoms with Crippen LogP contribution in [0.1, 0.15) is 30.1 Å². The number of methoxy groups -OCH3 is 1. The van der Waals surface area contributed by atoms with E-state index in [0.717, 1.165) is 22.1 Å². The minimum absolute atomic E-state index is 0.427. The van der Waals surface area contributed by atoms with Crippen molar-refractivity contribution < 1.29 is 24.2 Å². The van der Waals surface area contributed by atoms with Gasteiger partial charge in [-0.05, 0) is 35.4 Å². The highest BCUT2D eigenvalue weighted by atomic mass is 16.6. The first-order chi connectivity index (χ1) is 13.0. The van der Waals surface area contributed by atoms with Crippen molar-refractivity contribution in [2.45, 2.75) is 18.9 Å². The van der Waals surface area contributed by atoms with Crippen LogP contribution in [0.15, 0.2) is 66.7 Å². The number of aliphatic carboxylic acids is 1. The summed E-state index contributed by atoms with van der Waals surface area (Å²) >= 11 is 0. The number of rotatable bonds is 6. The Morgan fingerprint density at radius 2 is 1.56 bits per heavy atom. The van der Waals surface area contributed by atoms with E-state index in [-0.39, 0.29) is 0 Å². The van der Waals surface area contributed by atoms with Crippen LogP contribution in [0.25, 0.3) is 10.8 Å². The van der Waals surface area contributed by atoms with Crippen molar-refractivity contribution in [3.63, 3.8) is 0 Å². The number of fused-ring (bicyclic) bond motifs is 1. The van der Waals surface area contributed by atoms with E-state index in [0.29, 0.717) is 5.56 Å². The molecule has 0 saturated carbocycles. The number of esters is 1. The summed E-state index contributed by atoms with van der Waals surface area (Å²) in [4.78, 5) is 24.1. The second-order valence-electron chi connectivity index (χ2n) is 6.26. The van der Waals surface area contributed by atoms with Gasteiger partial charge in [-0.25, -0.2) is 4.79 Å². The summed E-state index contributed by atoms with van der Waals surface area (Å²) in [5.74, 6) is -1.62. The van der Waals surface area contributed by atoms with Crippen LogP contribution in [0.4, 0.5) is 0 Å².